The highest BCUT2D eigenvalue weighted by atomic mass is 32.2. The van der Waals surface area contributed by atoms with Crippen LogP contribution in [0.2, 0.25) is 0 Å². The van der Waals surface area contributed by atoms with Gasteiger partial charge in [0.25, 0.3) is 5.69 Å². The lowest BCUT2D eigenvalue weighted by atomic mass is 9.99. The number of piperazine rings is 1. The van der Waals surface area contributed by atoms with Crippen molar-refractivity contribution < 1.29 is 18.1 Å². The topological polar surface area (TPSA) is 113 Å². The van der Waals surface area contributed by atoms with Gasteiger partial charge in [0.15, 0.2) is 4.90 Å². The van der Waals surface area contributed by atoms with E-state index in [1.165, 1.54) is 28.6 Å². The van der Waals surface area contributed by atoms with E-state index >= 15 is 0 Å². The van der Waals surface area contributed by atoms with Crippen molar-refractivity contribution in [2.24, 2.45) is 0 Å². The Morgan fingerprint density at radius 2 is 1.37 bits per heavy atom. The van der Waals surface area contributed by atoms with Crippen LogP contribution in [0.25, 0.3) is 0 Å². The molecule has 1 saturated heterocycles. The van der Waals surface area contributed by atoms with Crippen molar-refractivity contribution in [1.82, 2.24) is 14.5 Å². The first-order valence-corrected chi connectivity index (χ1v) is 12.7. The number of nitro groups is 1. The molecule has 1 fully saturated rings. The quantitative estimate of drug-likeness (QED) is 0.381. The second-order valence-electron chi connectivity index (χ2n) is 8.23. The second kappa shape index (κ2) is 10.8. The molecule has 0 aliphatic carbocycles. The minimum absolute atomic E-state index is 0.121. The van der Waals surface area contributed by atoms with E-state index in [-0.39, 0.29) is 36.5 Å². The Hall–Kier alpha value is -3.60. The van der Waals surface area contributed by atoms with E-state index in [1.807, 2.05) is 65.6 Å². The largest absolute Gasteiger partial charge is 0.344 e. The van der Waals surface area contributed by atoms with Gasteiger partial charge in [0.05, 0.1) is 17.5 Å². The third kappa shape index (κ3) is 5.73. The number of nitrogens with one attached hydrogen (secondary N) is 1. The highest BCUT2D eigenvalue weighted by Crippen LogP contribution is 2.27. The number of nitrogens with zero attached hydrogens (tertiary/aromatic N) is 3. The van der Waals surface area contributed by atoms with Crippen LogP contribution in [0, 0.1) is 10.1 Å². The number of hydrogen-bond donors (Lipinski definition) is 1. The maximum Gasteiger partial charge on any atom is 0.289 e. The number of sulfonamides is 1. The molecule has 4 rings (SSSR count). The number of hydrogen-bond acceptors (Lipinski definition) is 6. The highest BCUT2D eigenvalue weighted by Gasteiger charge is 2.34. The van der Waals surface area contributed by atoms with Crippen LogP contribution < -0.4 is 5.32 Å². The van der Waals surface area contributed by atoms with Crippen molar-refractivity contribution in [3.8, 4) is 0 Å². The molecule has 0 unspecified atom stereocenters. The fraction of sp³-hybridized carbons (Fsp3) is 0.240. The summed E-state index contributed by atoms with van der Waals surface area (Å²) in [6.07, 6.45) is 0. The van der Waals surface area contributed by atoms with Gasteiger partial charge >= 0.3 is 0 Å². The minimum atomic E-state index is -4.02. The Labute approximate surface area is 204 Å². The number of para-hydroxylation sites is 1. The fourth-order valence-corrected chi connectivity index (χ4v) is 5.73. The van der Waals surface area contributed by atoms with Gasteiger partial charge in [0.1, 0.15) is 0 Å². The lowest BCUT2D eigenvalue weighted by Crippen LogP contribution is -2.51. The summed E-state index contributed by atoms with van der Waals surface area (Å²) in [4.78, 5) is 25.1. The molecule has 3 aromatic carbocycles. The molecule has 0 radical (unpaired) electrons. The third-order valence-corrected chi connectivity index (χ3v) is 7.90. The van der Waals surface area contributed by atoms with E-state index in [9.17, 15) is 23.3 Å². The van der Waals surface area contributed by atoms with Crippen LogP contribution in [0.3, 0.4) is 0 Å². The van der Waals surface area contributed by atoms with Gasteiger partial charge < -0.3 is 5.32 Å². The highest BCUT2D eigenvalue weighted by molar-refractivity contribution is 7.89. The van der Waals surface area contributed by atoms with Crippen LogP contribution in [0.5, 0.6) is 0 Å². The van der Waals surface area contributed by atoms with Crippen LogP contribution in [0.1, 0.15) is 17.2 Å². The number of amides is 1. The Balaban J connectivity index is 1.40. The molecule has 0 bridgehead atoms. The molecule has 0 saturated carbocycles. The molecule has 1 aliphatic rings. The molecule has 3 aromatic rings. The average molecular weight is 495 g/mol. The summed E-state index contributed by atoms with van der Waals surface area (Å²) in [5.41, 5.74) is 1.49. The molecule has 1 N–H and O–H groups in total. The molecule has 182 valence electrons. The number of carbonyl (C=O) groups is 1. The van der Waals surface area contributed by atoms with E-state index < -0.39 is 20.6 Å². The fourth-order valence-electron chi connectivity index (χ4n) is 4.15. The number of benzene rings is 3. The molecule has 1 aliphatic heterocycles. The van der Waals surface area contributed by atoms with E-state index in [0.717, 1.165) is 11.1 Å². The van der Waals surface area contributed by atoms with E-state index in [0.29, 0.717) is 13.1 Å². The summed E-state index contributed by atoms with van der Waals surface area (Å²) < 4.78 is 27.3. The van der Waals surface area contributed by atoms with Crippen LogP contribution in [0.4, 0.5) is 5.69 Å². The van der Waals surface area contributed by atoms with Crippen molar-refractivity contribution >= 4 is 21.6 Å². The number of rotatable bonds is 8. The molecule has 1 amide bonds. The van der Waals surface area contributed by atoms with Gasteiger partial charge in [-0.3, -0.25) is 19.8 Å². The number of carbonyl (C=O) groups excluding carboxylic acids is 1. The predicted octanol–water partition coefficient (Wildman–Crippen LogP) is 2.81. The van der Waals surface area contributed by atoms with Crippen molar-refractivity contribution in [3.05, 3.63) is 106 Å². The lowest BCUT2D eigenvalue weighted by molar-refractivity contribution is -0.387. The Kier molecular flexibility index (Phi) is 7.54. The van der Waals surface area contributed by atoms with Crippen molar-refractivity contribution in [3.63, 3.8) is 0 Å². The monoisotopic (exact) mass is 494 g/mol. The summed E-state index contributed by atoms with van der Waals surface area (Å²) in [6, 6.07) is 24.4. The van der Waals surface area contributed by atoms with Gasteiger partial charge in [-0.15, -0.1) is 0 Å². The van der Waals surface area contributed by atoms with Gasteiger partial charge in [-0.25, -0.2) is 8.42 Å². The maximum atomic E-state index is 13.0. The summed E-state index contributed by atoms with van der Waals surface area (Å²) in [7, 11) is -4.02. The third-order valence-electron chi connectivity index (χ3n) is 5.95. The average Bonchev–Trinajstić information content (AvgIpc) is 2.88. The van der Waals surface area contributed by atoms with Gasteiger partial charge in [0, 0.05) is 32.2 Å². The van der Waals surface area contributed by atoms with Gasteiger partial charge in [0.2, 0.25) is 15.9 Å². The first-order valence-electron chi connectivity index (χ1n) is 11.2. The molecule has 10 heteroatoms. The normalized spacial score (nSPS) is 15.1. The van der Waals surface area contributed by atoms with Crippen LogP contribution >= 0.6 is 0 Å². The zero-order chi connectivity index (χ0) is 24.8. The molecule has 35 heavy (non-hydrogen) atoms. The zero-order valence-corrected chi connectivity index (χ0v) is 19.8. The molecule has 0 aromatic heterocycles. The van der Waals surface area contributed by atoms with Crippen LogP contribution in [-0.2, 0) is 14.8 Å². The van der Waals surface area contributed by atoms with Crippen molar-refractivity contribution in [1.29, 1.82) is 0 Å². The minimum Gasteiger partial charge on any atom is -0.344 e. The first kappa shape index (κ1) is 24.5. The molecule has 1 heterocycles. The van der Waals surface area contributed by atoms with E-state index in [4.69, 9.17) is 0 Å². The Bertz CT molecular complexity index is 1240. The molecular weight excluding hydrogens is 468 g/mol. The first-order chi connectivity index (χ1) is 16.9. The van der Waals surface area contributed by atoms with Gasteiger partial charge in [-0.05, 0) is 17.2 Å². The summed E-state index contributed by atoms with van der Waals surface area (Å²) >= 11 is 0. The standard InChI is InChI=1S/C25H26N4O5S/c30-24(26-25(20-9-3-1-4-10-20)21-11-5-2-6-12-21)19-27-15-17-28(18-16-27)35(33,34)23-14-8-7-13-22(23)29(31)32/h1-14,25H,15-19H2,(H,26,30). The molecular formula is C25H26N4O5S. The number of nitro benzene ring substituents is 1. The molecule has 0 atom stereocenters. The zero-order valence-electron chi connectivity index (χ0n) is 19.0. The van der Waals surface area contributed by atoms with Crippen molar-refractivity contribution in [2.45, 2.75) is 10.9 Å². The van der Waals surface area contributed by atoms with Gasteiger partial charge in [-0.1, -0.05) is 72.8 Å². The van der Waals surface area contributed by atoms with Crippen LogP contribution in [-0.4, -0.2) is 61.2 Å². The molecule has 9 nitrogen and oxygen atoms in total. The Morgan fingerprint density at radius 3 is 1.91 bits per heavy atom. The Morgan fingerprint density at radius 1 is 0.857 bits per heavy atom. The predicted molar refractivity (Wildman–Crippen MR) is 131 cm³/mol. The van der Waals surface area contributed by atoms with Gasteiger partial charge in [-0.2, -0.15) is 4.31 Å². The maximum absolute atomic E-state index is 13.0. The summed E-state index contributed by atoms with van der Waals surface area (Å²) in [5.74, 6) is -0.169. The SMILES string of the molecule is O=C(CN1CCN(S(=O)(=O)c2ccccc2[N+](=O)[O-])CC1)NC(c1ccccc1)c1ccccc1. The van der Waals surface area contributed by atoms with E-state index in [1.54, 1.807) is 0 Å². The van der Waals surface area contributed by atoms with E-state index in [2.05, 4.69) is 5.32 Å². The smallest absolute Gasteiger partial charge is 0.289 e. The summed E-state index contributed by atoms with van der Waals surface area (Å²) in [6.45, 7) is 1.09. The van der Waals surface area contributed by atoms with Crippen LogP contribution in [0.15, 0.2) is 89.8 Å². The summed E-state index contributed by atoms with van der Waals surface area (Å²) in [5, 5.41) is 14.4. The second-order valence-corrected chi connectivity index (χ2v) is 10.1. The van der Waals surface area contributed by atoms with Crippen molar-refractivity contribution in [2.75, 3.05) is 32.7 Å². The lowest BCUT2D eigenvalue weighted by Gasteiger charge is -2.33. The molecule has 0 spiro atoms.